The molecule has 0 bridgehead atoms. The number of carbonyl (C=O) groups excluding carboxylic acids is 1. The molecule has 1 aliphatic rings. The third-order valence-corrected chi connectivity index (χ3v) is 5.63. The summed E-state index contributed by atoms with van der Waals surface area (Å²) in [5, 5.41) is 4.94. The number of fused-ring (bicyclic) bond motifs is 1. The fraction of sp³-hybridized carbons (Fsp3) is 0.136. The number of benzene rings is 2. The molecular weight excluding hydrogens is 361 g/mol. The number of hydrogen-bond acceptors (Lipinski definition) is 3. The summed E-state index contributed by atoms with van der Waals surface area (Å²) in [4.78, 5) is 13.4. The second-order valence-corrected chi connectivity index (χ2v) is 7.18. The molecule has 1 amide bonds. The molecule has 0 saturated carbocycles. The van der Waals surface area contributed by atoms with Gasteiger partial charge in [0.25, 0.3) is 0 Å². The number of rotatable bonds is 4. The van der Waals surface area contributed by atoms with Crippen molar-refractivity contribution in [2.24, 2.45) is 0 Å². The summed E-state index contributed by atoms with van der Waals surface area (Å²) in [5.74, 6) is 2.75. The van der Waals surface area contributed by atoms with E-state index in [1.807, 2.05) is 35.7 Å². The fourth-order valence-electron chi connectivity index (χ4n) is 3.29. The molecule has 3 aromatic rings. The van der Waals surface area contributed by atoms with Crippen LogP contribution in [0.5, 0.6) is 5.75 Å². The number of nitrogens with one attached hydrogen (secondary N) is 1. The minimum Gasteiger partial charge on any atom is -0.481 e. The lowest BCUT2D eigenvalue weighted by Gasteiger charge is -2.24. The monoisotopic (exact) mass is 377 g/mol. The van der Waals surface area contributed by atoms with Crippen molar-refractivity contribution in [3.63, 3.8) is 0 Å². The average Bonchev–Trinajstić information content (AvgIpc) is 3.10. The highest BCUT2D eigenvalue weighted by molar-refractivity contribution is 7.11. The summed E-state index contributed by atoms with van der Waals surface area (Å²) in [6.45, 7) is 0.219. The molecule has 4 rings (SSSR count). The molecule has 1 unspecified atom stereocenters. The van der Waals surface area contributed by atoms with Crippen LogP contribution in [0.25, 0.3) is 11.1 Å². The van der Waals surface area contributed by atoms with Crippen LogP contribution in [0.3, 0.4) is 0 Å². The zero-order valence-electron chi connectivity index (χ0n) is 14.4. The van der Waals surface area contributed by atoms with Gasteiger partial charge in [-0.15, -0.1) is 17.8 Å². The molecule has 0 fully saturated rings. The van der Waals surface area contributed by atoms with Gasteiger partial charge in [-0.25, -0.2) is 4.39 Å². The SMILES string of the molecule is C#CCOc1ccc(C2CC(=O)Nc3c(-c4cccc(F)c4)csc32)cc1. The van der Waals surface area contributed by atoms with Crippen molar-refractivity contribution in [1.82, 2.24) is 0 Å². The van der Waals surface area contributed by atoms with Crippen LogP contribution in [0.1, 0.15) is 22.8 Å². The summed E-state index contributed by atoms with van der Waals surface area (Å²) in [5.41, 5.74) is 3.42. The second-order valence-electron chi connectivity index (χ2n) is 6.27. The van der Waals surface area contributed by atoms with E-state index < -0.39 is 0 Å². The van der Waals surface area contributed by atoms with Crippen LogP contribution in [-0.4, -0.2) is 12.5 Å². The molecule has 27 heavy (non-hydrogen) atoms. The van der Waals surface area contributed by atoms with Crippen LogP contribution < -0.4 is 10.1 Å². The smallest absolute Gasteiger partial charge is 0.225 e. The lowest BCUT2D eigenvalue weighted by atomic mass is 9.89. The highest BCUT2D eigenvalue weighted by Crippen LogP contribution is 2.46. The Morgan fingerprint density at radius 1 is 1.26 bits per heavy atom. The predicted molar refractivity (Wildman–Crippen MR) is 106 cm³/mol. The van der Waals surface area contributed by atoms with Gasteiger partial charge in [-0.3, -0.25) is 4.79 Å². The topological polar surface area (TPSA) is 38.3 Å². The molecule has 1 aromatic heterocycles. The Morgan fingerprint density at radius 2 is 2.07 bits per heavy atom. The first-order valence-corrected chi connectivity index (χ1v) is 9.37. The molecule has 3 nitrogen and oxygen atoms in total. The Kier molecular flexibility index (Phi) is 4.66. The number of terminal acetylenes is 1. The largest absolute Gasteiger partial charge is 0.481 e. The summed E-state index contributed by atoms with van der Waals surface area (Å²) < 4.78 is 19.0. The van der Waals surface area contributed by atoms with E-state index in [4.69, 9.17) is 11.2 Å². The van der Waals surface area contributed by atoms with E-state index in [9.17, 15) is 9.18 Å². The molecule has 1 atom stereocenters. The number of anilines is 1. The number of hydrogen-bond donors (Lipinski definition) is 1. The molecule has 2 aromatic carbocycles. The number of thiophene rings is 1. The summed E-state index contributed by atoms with van der Waals surface area (Å²) in [6.07, 6.45) is 5.59. The van der Waals surface area contributed by atoms with E-state index in [-0.39, 0.29) is 24.2 Å². The normalized spacial score (nSPS) is 15.6. The van der Waals surface area contributed by atoms with Crippen LogP contribution in [0.2, 0.25) is 0 Å². The van der Waals surface area contributed by atoms with E-state index in [2.05, 4.69) is 11.2 Å². The standard InChI is InChI=1S/C22H16FNO2S/c1-2-10-26-17-8-6-14(7-9-17)18-12-20(25)24-21-19(13-27-22(18)21)15-4-3-5-16(23)11-15/h1,3-9,11,13,18H,10,12H2,(H,24,25). The van der Waals surface area contributed by atoms with E-state index in [0.717, 1.165) is 27.3 Å². The van der Waals surface area contributed by atoms with Gasteiger partial charge in [0.2, 0.25) is 5.91 Å². The second kappa shape index (κ2) is 7.26. The van der Waals surface area contributed by atoms with Crippen LogP contribution in [0.15, 0.2) is 53.9 Å². The van der Waals surface area contributed by atoms with E-state index in [0.29, 0.717) is 12.2 Å². The van der Waals surface area contributed by atoms with Gasteiger partial charge >= 0.3 is 0 Å². The zero-order chi connectivity index (χ0) is 18.8. The summed E-state index contributed by atoms with van der Waals surface area (Å²) in [6, 6.07) is 14.1. The van der Waals surface area contributed by atoms with Crippen molar-refractivity contribution in [2.75, 3.05) is 11.9 Å². The molecule has 5 heteroatoms. The molecule has 2 heterocycles. The number of carbonyl (C=O) groups is 1. The van der Waals surface area contributed by atoms with Crippen molar-refractivity contribution in [2.45, 2.75) is 12.3 Å². The van der Waals surface area contributed by atoms with Crippen molar-refractivity contribution in [3.8, 4) is 29.2 Å². The lowest BCUT2D eigenvalue weighted by Crippen LogP contribution is -2.22. The highest BCUT2D eigenvalue weighted by atomic mass is 32.1. The van der Waals surface area contributed by atoms with Crippen molar-refractivity contribution in [1.29, 1.82) is 0 Å². The van der Waals surface area contributed by atoms with Gasteiger partial charge < -0.3 is 10.1 Å². The minimum absolute atomic E-state index is 0.0391. The number of halogens is 1. The van der Waals surface area contributed by atoms with Gasteiger partial charge in [0.1, 0.15) is 18.2 Å². The Labute approximate surface area is 160 Å². The molecule has 1 N–H and O–H groups in total. The third kappa shape index (κ3) is 3.44. The fourth-order valence-corrected chi connectivity index (χ4v) is 4.45. The maximum atomic E-state index is 13.6. The Morgan fingerprint density at radius 3 is 2.81 bits per heavy atom. The van der Waals surface area contributed by atoms with Crippen LogP contribution in [-0.2, 0) is 4.79 Å². The first kappa shape index (κ1) is 17.3. The van der Waals surface area contributed by atoms with Crippen molar-refractivity contribution in [3.05, 3.63) is 70.2 Å². The quantitative estimate of drug-likeness (QED) is 0.647. The average molecular weight is 377 g/mol. The first-order chi connectivity index (χ1) is 13.2. The van der Waals surface area contributed by atoms with E-state index in [1.165, 1.54) is 12.1 Å². The predicted octanol–water partition coefficient (Wildman–Crippen LogP) is 5.04. The van der Waals surface area contributed by atoms with Crippen LogP contribution in [0, 0.1) is 18.2 Å². The van der Waals surface area contributed by atoms with Crippen molar-refractivity contribution >= 4 is 22.9 Å². The summed E-state index contributed by atoms with van der Waals surface area (Å²) in [7, 11) is 0. The van der Waals surface area contributed by atoms with Gasteiger partial charge in [-0.05, 0) is 35.4 Å². The summed E-state index contributed by atoms with van der Waals surface area (Å²) >= 11 is 1.58. The Balaban J connectivity index is 1.70. The Hall–Kier alpha value is -3.10. The number of ether oxygens (including phenoxy) is 1. The molecule has 0 saturated heterocycles. The van der Waals surface area contributed by atoms with Gasteiger partial charge in [-0.2, -0.15) is 0 Å². The molecule has 134 valence electrons. The number of amides is 1. The van der Waals surface area contributed by atoms with Crippen LogP contribution >= 0.6 is 11.3 Å². The maximum Gasteiger partial charge on any atom is 0.225 e. The molecular formula is C22H16FNO2S. The van der Waals surface area contributed by atoms with Gasteiger partial charge in [0.05, 0.1) is 5.69 Å². The molecule has 0 spiro atoms. The maximum absolute atomic E-state index is 13.6. The molecule has 1 aliphatic heterocycles. The van der Waals surface area contributed by atoms with Crippen LogP contribution in [0.4, 0.5) is 10.1 Å². The third-order valence-electron chi connectivity index (χ3n) is 4.53. The van der Waals surface area contributed by atoms with Gasteiger partial charge in [-0.1, -0.05) is 30.2 Å². The van der Waals surface area contributed by atoms with Gasteiger partial charge in [0.15, 0.2) is 0 Å². The van der Waals surface area contributed by atoms with Crippen molar-refractivity contribution < 1.29 is 13.9 Å². The minimum atomic E-state index is -0.298. The highest BCUT2D eigenvalue weighted by Gasteiger charge is 2.30. The zero-order valence-corrected chi connectivity index (χ0v) is 15.2. The van der Waals surface area contributed by atoms with E-state index in [1.54, 1.807) is 17.4 Å². The van der Waals surface area contributed by atoms with Gasteiger partial charge in [0, 0.05) is 28.2 Å². The first-order valence-electron chi connectivity index (χ1n) is 8.49. The molecule has 0 aliphatic carbocycles. The van der Waals surface area contributed by atoms with E-state index >= 15 is 0 Å². The molecule has 0 radical (unpaired) electrons. The lowest BCUT2D eigenvalue weighted by molar-refractivity contribution is -0.116. The Bertz CT molecular complexity index is 1030.